The van der Waals surface area contributed by atoms with Crippen LogP contribution in [0, 0.1) is 0 Å². The van der Waals surface area contributed by atoms with Crippen LogP contribution in [0.25, 0.3) is 0 Å². The van der Waals surface area contributed by atoms with Crippen LogP contribution in [0.2, 0.25) is 5.02 Å². The van der Waals surface area contributed by atoms with Gasteiger partial charge in [-0.1, -0.05) is 23.7 Å². The van der Waals surface area contributed by atoms with Gasteiger partial charge in [-0.3, -0.25) is 4.99 Å². The fraction of sp³-hybridized carbons (Fsp3) is 0.350. The number of rotatable bonds is 8. The highest BCUT2D eigenvalue weighted by Gasteiger charge is 2.13. The van der Waals surface area contributed by atoms with Crippen molar-refractivity contribution in [3.63, 3.8) is 0 Å². The molecular weight excluding hydrogens is 493 g/mol. The lowest BCUT2D eigenvalue weighted by atomic mass is 10.1. The first kappa shape index (κ1) is 24.2. The molecule has 154 valence electrons. The largest absolute Gasteiger partial charge is 0.493 e. The van der Waals surface area contributed by atoms with Gasteiger partial charge in [0, 0.05) is 25.2 Å². The van der Waals surface area contributed by atoms with E-state index in [0.29, 0.717) is 29.8 Å². The molecule has 0 amide bonds. The molecule has 0 aliphatic heterocycles. The van der Waals surface area contributed by atoms with E-state index in [1.807, 2.05) is 30.3 Å². The average molecular weight is 520 g/mol. The molecule has 0 atom stereocenters. The van der Waals surface area contributed by atoms with E-state index in [1.54, 1.807) is 28.4 Å². The summed E-state index contributed by atoms with van der Waals surface area (Å²) in [5.74, 6) is 2.54. The highest BCUT2D eigenvalue weighted by molar-refractivity contribution is 14.0. The summed E-state index contributed by atoms with van der Waals surface area (Å²) in [4.78, 5) is 4.25. The molecule has 0 saturated carbocycles. The van der Waals surface area contributed by atoms with Crippen LogP contribution in [0.15, 0.2) is 41.4 Å². The second-order valence-electron chi connectivity index (χ2n) is 5.77. The van der Waals surface area contributed by atoms with Gasteiger partial charge in [-0.25, -0.2) is 0 Å². The number of hydrogen-bond acceptors (Lipinski definition) is 4. The van der Waals surface area contributed by atoms with Crippen molar-refractivity contribution in [3.05, 3.63) is 52.5 Å². The van der Waals surface area contributed by atoms with Crippen LogP contribution >= 0.6 is 35.6 Å². The molecule has 0 unspecified atom stereocenters. The summed E-state index contributed by atoms with van der Waals surface area (Å²) in [7, 11) is 6.53. The van der Waals surface area contributed by atoms with Gasteiger partial charge in [-0.05, 0) is 41.8 Å². The third-order valence-electron chi connectivity index (χ3n) is 4.00. The molecule has 6 nitrogen and oxygen atoms in total. The van der Waals surface area contributed by atoms with Gasteiger partial charge in [0.25, 0.3) is 0 Å². The number of benzene rings is 2. The summed E-state index contributed by atoms with van der Waals surface area (Å²) < 4.78 is 16.1. The highest BCUT2D eigenvalue weighted by Crippen LogP contribution is 2.38. The second kappa shape index (κ2) is 12.6. The Labute approximate surface area is 188 Å². The maximum absolute atomic E-state index is 6.02. The molecule has 0 heterocycles. The van der Waals surface area contributed by atoms with Crippen molar-refractivity contribution < 1.29 is 14.2 Å². The maximum Gasteiger partial charge on any atom is 0.203 e. The molecule has 2 aromatic rings. The van der Waals surface area contributed by atoms with Crippen LogP contribution in [0.3, 0.4) is 0 Å². The number of hydrogen-bond donors (Lipinski definition) is 2. The van der Waals surface area contributed by atoms with E-state index in [9.17, 15) is 0 Å². The van der Waals surface area contributed by atoms with E-state index < -0.39 is 0 Å². The van der Waals surface area contributed by atoms with E-state index in [1.165, 1.54) is 5.56 Å². The molecule has 2 rings (SSSR count). The lowest BCUT2D eigenvalue weighted by Gasteiger charge is -2.16. The van der Waals surface area contributed by atoms with Gasteiger partial charge < -0.3 is 24.8 Å². The molecular formula is C20H27ClIN3O3. The molecule has 0 bridgehead atoms. The van der Waals surface area contributed by atoms with E-state index in [4.69, 9.17) is 25.8 Å². The zero-order chi connectivity index (χ0) is 19.6. The fourth-order valence-corrected chi connectivity index (χ4v) is 2.87. The number of nitrogens with one attached hydrogen (secondary N) is 2. The summed E-state index contributed by atoms with van der Waals surface area (Å²) in [6.45, 7) is 1.31. The smallest absolute Gasteiger partial charge is 0.203 e. The molecule has 28 heavy (non-hydrogen) atoms. The van der Waals surface area contributed by atoms with Crippen LogP contribution < -0.4 is 24.8 Å². The zero-order valence-electron chi connectivity index (χ0n) is 16.5. The molecule has 0 radical (unpaired) electrons. The summed E-state index contributed by atoms with van der Waals surface area (Å²) in [6.07, 6.45) is 0.853. The predicted molar refractivity (Wildman–Crippen MR) is 125 cm³/mol. The minimum Gasteiger partial charge on any atom is -0.493 e. The van der Waals surface area contributed by atoms with Crippen molar-refractivity contribution in [2.75, 3.05) is 34.9 Å². The molecule has 0 fully saturated rings. The van der Waals surface area contributed by atoms with Gasteiger partial charge in [0.1, 0.15) is 0 Å². The monoisotopic (exact) mass is 519 g/mol. The Bertz CT molecular complexity index is 762. The van der Waals surface area contributed by atoms with Gasteiger partial charge in [-0.2, -0.15) is 0 Å². The lowest BCUT2D eigenvalue weighted by Crippen LogP contribution is -2.37. The lowest BCUT2D eigenvalue weighted by molar-refractivity contribution is 0.323. The minimum absolute atomic E-state index is 0. The first-order valence-electron chi connectivity index (χ1n) is 8.59. The van der Waals surface area contributed by atoms with Gasteiger partial charge >= 0.3 is 0 Å². The Morgan fingerprint density at radius 3 is 2.18 bits per heavy atom. The Kier molecular flexibility index (Phi) is 10.8. The summed E-state index contributed by atoms with van der Waals surface area (Å²) in [6, 6.07) is 11.7. The first-order chi connectivity index (χ1) is 13.1. The van der Waals surface area contributed by atoms with Crippen molar-refractivity contribution in [2.24, 2.45) is 4.99 Å². The zero-order valence-corrected chi connectivity index (χ0v) is 19.6. The molecule has 2 aromatic carbocycles. The van der Waals surface area contributed by atoms with E-state index in [-0.39, 0.29) is 24.0 Å². The van der Waals surface area contributed by atoms with Crippen molar-refractivity contribution in [1.29, 1.82) is 0 Å². The normalized spacial score (nSPS) is 10.7. The fourth-order valence-electron chi connectivity index (χ4n) is 2.66. The molecule has 0 aliphatic rings. The third-order valence-corrected chi connectivity index (χ3v) is 4.24. The number of methoxy groups -OCH3 is 3. The SMILES string of the molecule is CN=C(NCCc1cccc(Cl)c1)NCc1cc(OC)c(OC)c(OC)c1.I. The maximum atomic E-state index is 6.02. The van der Waals surface area contributed by atoms with E-state index in [0.717, 1.165) is 23.6 Å². The molecule has 0 aliphatic carbocycles. The van der Waals surface area contributed by atoms with Crippen molar-refractivity contribution in [3.8, 4) is 17.2 Å². The minimum atomic E-state index is 0. The standard InChI is InChI=1S/C20H26ClN3O3.HI/c1-22-20(23-9-8-14-6-5-7-16(21)10-14)24-13-15-11-17(25-2)19(27-4)18(12-15)26-3;/h5-7,10-12H,8-9,13H2,1-4H3,(H2,22,23,24);1H. The van der Waals surface area contributed by atoms with Crippen LogP contribution in [0.5, 0.6) is 17.2 Å². The van der Waals surface area contributed by atoms with Gasteiger partial charge in [0.05, 0.1) is 21.3 Å². The Morgan fingerprint density at radius 2 is 1.64 bits per heavy atom. The first-order valence-corrected chi connectivity index (χ1v) is 8.97. The molecule has 8 heteroatoms. The summed E-state index contributed by atoms with van der Waals surface area (Å²) in [5, 5.41) is 7.33. The average Bonchev–Trinajstić information content (AvgIpc) is 2.69. The van der Waals surface area contributed by atoms with E-state index in [2.05, 4.69) is 21.7 Å². The molecule has 0 spiro atoms. The van der Waals surface area contributed by atoms with Gasteiger partial charge in [-0.15, -0.1) is 24.0 Å². The Morgan fingerprint density at radius 1 is 0.964 bits per heavy atom. The topological polar surface area (TPSA) is 64.1 Å². The highest BCUT2D eigenvalue weighted by atomic mass is 127. The number of guanidine groups is 1. The summed E-state index contributed by atoms with van der Waals surface area (Å²) >= 11 is 6.02. The molecule has 0 saturated heterocycles. The van der Waals surface area contributed by atoms with Crippen LogP contribution in [0.1, 0.15) is 11.1 Å². The second-order valence-corrected chi connectivity index (χ2v) is 6.20. The third kappa shape index (κ3) is 6.94. The van der Waals surface area contributed by atoms with Crippen molar-refractivity contribution in [1.82, 2.24) is 10.6 Å². The van der Waals surface area contributed by atoms with Gasteiger partial charge in [0.2, 0.25) is 5.75 Å². The molecule has 0 aromatic heterocycles. The molecule has 2 N–H and O–H groups in total. The van der Waals surface area contributed by atoms with Crippen molar-refractivity contribution in [2.45, 2.75) is 13.0 Å². The Balaban J connectivity index is 0.00000392. The Hall–Kier alpha value is -1.87. The number of aliphatic imine (C=N–C) groups is 1. The number of halogens is 2. The van der Waals surface area contributed by atoms with Crippen LogP contribution in [0.4, 0.5) is 0 Å². The van der Waals surface area contributed by atoms with E-state index >= 15 is 0 Å². The number of ether oxygens (including phenoxy) is 3. The quantitative estimate of drug-likeness (QED) is 0.315. The van der Waals surface area contributed by atoms with Crippen LogP contribution in [-0.4, -0.2) is 40.9 Å². The summed E-state index contributed by atoms with van der Waals surface area (Å²) in [5.41, 5.74) is 2.16. The predicted octanol–water partition coefficient (Wildman–Crippen LogP) is 3.89. The van der Waals surface area contributed by atoms with Crippen molar-refractivity contribution >= 4 is 41.5 Å². The van der Waals surface area contributed by atoms with Gasteiger partial charge in [0.15, 0.2) is 17.5 Å². The van der Waals surface area contributed by atoms with Crippen LogP contribution in [-0.2, 0) is 13.0 Å². The number of nitrogens with zero attached hydrogens (tertiary/aromatic N) is 1.